The third kappa shape index (κ3) is 8.75. The largest absolute Gasteiger partial charge is 0.385 e. The predicted octanol–water partition coefficient (Wildman–Crippen LogP) is 1.90. The number of methoxy groups -OCH3 is 1. The van der Waals surface area contributed by atoms with Crippen molar-refractivity contribution in [2.24, 2.45) is 18.0 Å². The summed E-state index contributed by atoms with van der Waals surface area (Å²) in [5.41, 5.74) is 0. The average Bonchev–Trinajstić information content (AvgIpc) is 3.01. The Bertz CT molecular complexity index is 678. The summed E-state index contributed by atoms with van der Waals surface area (Å²) in [6.45, 7) is 7.83. The Labute approximate surface area is 197 Å². The van der Waals surface area contributed by atoms with E-state index in [1.807, 2.05) is 32.4 Å². The number of ether oxygens (including phenoxy) is 1. The SMILES string of the molecule is COCCCNC(=NCc1nnc(C)n1C)NC1CCCC(C(=O)NC(C)C)C1.I. The van der Waals surface area contributed by atoms with E-state index in [4.69, 9.17) is 9.73 Å². The molecule has 30 heavy (non-hydrogen) atoms. The molecule has 1 heterocycles. The summed E-state index contributed by atoms with van der Waals surface area (Å²) in [5.74, 6) is 2.64. The Morgan fingerprint density at radius 3 is 2.73 bits per heavy atom. The molecule has 0 radical (unpaired) electrons. The minimum absolute atomic E-state index is 0. The molecule has 0 aromatic carbocycles. The molecule has 1 aliphatic carbocycles. The van der Waals surface area contributed by atoms with Gasteiger partial charge in [0.15, 0.2) is 11.8 Å². The smallest absolute Gasteiger partial charge is 0.223 e. The number of carbonyl (C=O) groups excluding carboxylic acids is 1. The van der Waals surface area contributed by atoms with E-state index in [9.17, 15) is 4.79 Å². The molecule has 0 aliphatic heterocycles. The summed E-state index contributed by atoms with van der Waals surface area (Å²) in [7, 11) is 3.65. The van der Waals surface area contributed by atoms with Crippen LogP contribution in [0.25, 0.3) is 0 Å². The second-order valence-corrected chi connectivity index (χ2v) is 8.03. The Balaban J connectivity index is 0.00000450. The zero-order valence-corrected chi connectivity index (χ0v) is 21.2. The van der Waals surface area contributed by atoms with Crippen LogP contribution in [-0.4, -0.2) is 59.0 Å². The molecule has 1 aromatic rings. The molecule has 2 rings (SSSR count). The highest BCUT2D eigenvalue weighted by atomic mass is 127. The fourth-order valence-electron chi connectivity index (χ4n) is 3.47. The number of carbonyl (C=O) groups is 1. The van der Waals surface area contributed by atoms with Crippen molar-refractivity contribution in [3.05, 3.63) is 11.6 Å². The van der Waals surface area contributed by atoms with Gasteiger partial charge >= 0.3 is 0 Å². The molecular weight excluding hydrogens is 497 g/mol. The number of amides is 1. The number of hydrogen-bond donors (Lipinski definition) is 3. The van der Waals surface area contributed by atoms with Crippen LogP contribution in [-0.2, 0) is 23.1 Å². The van der Waals surface area contributed by atoms with Crippen molar-refractivity contribution in [1.29, 1.82) is 0 Å². The first-order valence-corrected chi connectivity index (χ1v) is 10.6. The van der Waals surface area contributed by atoms with Gasteiger partial charge in [0.2, 0.25) is 5.91 Å². The van der Waals surface area contributed by atoms with Gasteiger partial charge in [-0.05, 0) is 46.5 Å². The van der Waals surface area contributed by atoms with Gasteiger partial charge in [0.05, 0.1) is 0 Å². The first-order chi connectivity index (χ1) is 13.9. The predicted molar refractivity (Wildman–Crippen MR) is 129 cm³/mol. The van der Waals surface area contributed by atoms with Crippen molar-refractivity contribution in [3.8, 4) is 0 Å². The minimum atomic E-state index is 0. The molecule has 1 aromatic heterocycles. The van der Waals surface area contributed by atoms with Crippen LogP contribution in [0.3, 0.4) is 0 Å². The van der Waals surface area contributed by atoms with E-state index in [-0.39, 0.29) is 47.9 Å². The third-order valence-electron chi connectivity index (χ3n) is 5.20. The lowest BCUT2D eigenvalue weighted by Gasteiger charge is -2.30. The molecule has 3 N–H and O–H groups in total. The van der Waals surface area contributed by atoms with Crippen molar-refractivity contribution in [2.45, 2.75) is 71.5 Å². The second kappa shape index (κ2) is 13.8. The highest BCUT2D eigenvalue weighted by Gasteiger charge is 2.28. The first-order valence-electron chi connectivity index (χ1n) is 10.6. The monoisotopic (exact) mass is 535 g/mol. The molecule has 9 nitrogen and oxygen atoms in total. The maximum Gasteiger partial charge on any atom is 0.223 e. The highest BCUT2D eigenvalue weighted by Crippen LogP contribution is 2.24. The van der Waals surface area contributed by atoms with E-state index in [0.717, 1.165) is 56.3 Å². The van der Waals surface area contributed by atoms with Gasteiger partial charge < -0.3 is 25.3 Å². The molecule has 1 amide bonds. The number of nitrogens with zero attached hydrogens (tertiary/aromatic N) is 4. The van der Waals surface area contributed by atoms with Gasteiger partial charge in [-0.3, -0.25) is 4.79 Å². The fourth-order valence-corrected chi connectivity index (χ4v) is 3.47. The molecule has 1 fully saturated rings. The molecular formula is C20H38IN7O2. The summed E-state index contributed by atoms with van der Waals surface area (Å²) in [6.07, 6.45) is 4.73. The maximum atomic E-state index is 12.4. The molecule has 0 bridgehead atoms. The Kier molecular flexibility index (Phi) is 12.2. The molecule has 2 atom stereocenters. The quantitative estimate of drug-likeness (QED) is 0.193. The van der Waals surface area contributed by atoms with Crippen LogP contribution < -0.4 is 16.0 Å². The van der Waals surface area contributed by atoms with Crippen molar-refractivity contribution in [1.82, 2.24) is 30.7 Å². The lowest BCUT2D eigenvalue weighted by molar-refractivity contribution is -0.126. The normalized spacial score (nSPS) is 19.3. The molecule has 1 aliphatic rings. The number of halogens is 1. The van der Waals surface area contributed by atoms with Crippen LogP contribution >= 0.6 is 24.0 Å². The van der Waals surface area contributed by atoms with Crippen LogP contribution in [0.1, 0.15) is 57.6 Å². The number of rotatable bonds is 9. The second-order valence-electron chi connectivity index (χ2n) is 8.03. The molecule has 0 spiro atoms. The van der Waals surface area contributed by atoms with Crippen LogP contribution in [0.2, 0.25) is 0 Å². The number of aryl methyl sites for hydroxylation is 1. The lowest BCUT2D eigenvalue weighted by atomic mass is 9.85. The van der Waals surface area contributed by atoms with Crippen LogP contribution in [0.4, 0.5) is 0 Å². The zero-order valence-electron chi connectivity index (χ0n) is 18.9. The lowest BCUT2D eigenvalue weighted by Crippen LogP contribution is -2.48. The average molecular weight is 535 g/mol. The first kappa shape index (κ1) is 26.6. The highest BCUT2D eigenvalue weighted by molar-refractivity contribution is 14.0. The van der Waals surface area contributed by atoms with Crippen LogP contribution in [0.5, 0.6) is 0 Å². The van der Waals surface area contributed by atoms with E-state index < -0.39 is 0 Å². The summed E-state index contributed by atoms with van der Waals surface area (Å²) < 4.78 is 7.07. The summed E-state index contributed by atoms with van der Waals surface area (Å²) in [5, 5.41) is 18.2. The van der Waals surface area contributed by atoms with Gasteiger partial charge in [-0.2, -0.15) is 0 Å². The van der Waals surface area contributed by atoms with E-state index in [2.05, 4.69) is 26.1 Å². The summed E-state index contributed by atoms with van der Waals surface area (Å²) in [4.78, 5) is 17.1. The Hall–Kier alpha value is -1.43. The zero-order chi connectivity index (χ0) is 21.2. The number of aromatic nitrogens is 3. The third-order valence-corrected chi connectivity index (χ3v) is 5.20. The van der Waals surface area contributed by atoms with Gasteiger partial charge in [0, 0.05) is 45.3 Å². The van der Waals surface area contributed by atoms with E-state index >= 15 is 0 Å². The van der Waals surface area contributed by atoms with Gasteiger partial charge in [-0.1, -0.05) is 6.42 Å². The molecule has 1 saturated carbocycles. The fraction of sp³-hybridized carbons (Fsp3) is 0.800. The van der Waals surface area contributed by atoms with Crippen LogP contribution in [0.15, 0.2) is 4.99 Å². The number of aliphatic imine (C=N–C) groups is 1. The van der Waals surface area contributed by atoms with Gasteiger partial charge in [0.1, 0.15) is 12.4 Å². The minimum Gasteiger partial charge on any atom is -0.385 e. The number of hydrogen-bond acceptors (Lipinski definition) is 5. The number of nitrogens with one attached hydrogen (secondary N) is 3. The van der Waals surface area contributed by atoms with Crippen molar-refractivity contribution >= 4 is 35.8 Å². The van der Waals surface area contributed by atoms with Crippen LogP contribution in [0, 0.1) is 12.8 Å². The van der Waals surface area contributed by atoms with Gasteiger partial charge in [0.25, 0.3) is 0 Å². The van der Waals surface area contributed by atoms with Gasteiger partial charge in [-0.15, -0.1) is 34.2 Å². The van der Waals surface area contributed by atoms with E-state index in [1.54, 1.807) is 7.11 Å². The van der Waals surface area contributed by atoms with Crippen molar-refractivity contribution in [3.63, 3.8) is 0 Å². The Morgan fingerprint density at radius 1 is 1.33 bits per heavy atom. The molecule has 10 heteroatoms. The molecule has 2 unspecified atom stereocenters. The van der Waals surface area contributed by atoms with Gasteiger partial charge in [-0.25, -0.2) is 4.99 Å². The standard InChI is InChI=1S/C20H37N7O2.HI/c1-14(2)23-19(28)16-8-6-9-17(12-16)24-20(21-10-7-11-29-5)22-13-18-26-25-15(3)27(18)4;/h14,16-17H,6-13H2,1-5H3,(H,23,28)(H2,21,22,24);1H. The number of guanidine groups is 1. The van der Waals surface area contributed by atoms with Crippen molar-refractivity contribution < 1.29 is 9.53 Å². The van der Waals surface area contributed by atoms with E-state index in [1.165, 1.54) is 0 Å². The summed E-state index contributed by atoms with van der Waals surface area (Å²) >= 11 is 0. The topological polar surface area (TPSA) is 105 Å². The summed E-state index contributed by atoms with van der Waals surface area (Å²) in [6, 6.07) is 0.395. The molecule has 172 valence electrons. The Morgan fingerprint density at radius 2 is 2.10 bits per heavy atom. The maximum absolute atomic E-state index is 12.4. The van der Waals surface area contributed by atoms with Crippen molar-refractivity contribution in [2.75, 3.05) is 20.3 Å². The molecule has 0 saturated heterocycles. The van der Waals surface area contributed by atoms with E-state index in [0.29, 0.717) is 13.2 Å².